The molecule has 7 heteroatoms. The molecule has 0 unspecified atom stereocenters. The number of amides is 2. The Labute approximate surface area is 177 Å². The van der Waals surface area contributed by atoms with Gasteiger partial charge in [-0.1, -0.05) is 41.9 Å². The predicted octanol–water partition coefficient (Wildman–Crippen LogP) is 3.50. The van der Waals surface area contributed by atoms with Crippen LogP contribution in [-0.4, -0.2) is 28.8 Å². The number of carbonyl (C=O) groups is 2. The molecule has 2 N–H and O–H groups in total. The van der Waals surface area contributed by atoms with E-state index in [0.717, 1.165) is 11.1 Å². The van der Waals surface area contributed by atoms with Gasteiger partial charge in [-0.3, -0.25) is 9.59 Å². The van der Waals surface area contributed by atoms with Crippen molar-refractivity contribution >= 4 is 29.6 Å². The molecule has 2 atom stereocenters. The number of hydrazone groups is 1. The molecule has 1 fully saturated rings. The summed E-state index contributed by atoms with van der Waals surface area (Å²) in [5.74, 6) is -1.25. The van der Waals surface area contributed by atoms with Crippen molar-refractivity contribution in [2.75, 3.05) is 0 Å². The number of hydrogen-bond acceptors (Lipinski definition) is 2. The van der Waals surface area contributed by atoms with Gasteiger partial charge in [0.1, 0.15) is 5.82 Å². The van der Waals surface area contributed by atoms with Gasteiger partial charge in [-0.2, -0.15) is 0 Å². The molecular weight excluding hydrogens is 405 g/mol. The van der Waals surface area contributed by atoms with Crippen LogP contribution in [0.5, 0.6) is 0 Å². The van der Waals surface area contributed by atoms with Crippen LogP contribution in [0.3, 0.4) is 0 Å². The summed E-state index contributed by atoms with van der Waals surface area (Å²) in [6.07, 6.45) is 1.81. The third-order valence-electron chi connectivity index (χ3n) is 4.83. The topological polar surface area (TPSA) is 61.2 Å². The summed E-state index contributed by atoms with van der Waals surface area (Å²) < 4.78 is 14.9. The SMILES string of the molecule is O=C(N[C@@H]1C(=O)N/[N+](=C\c2ccccc2)[C@H]1c1ccc(Cl)cc1)c1ccc(F)cc1. The normalized spacial score (nSPS) is 19.5. The largest absolute Gasteiger partial charge is 0.334 e. The monoisotopic (exact) mass is 422 g/mol. The van der Waals surface area contributed by atoms with Gasteiger partial charge in [0.05, 0.1) is 0 Å². The maximum Gasteiger partial charge on any atom is 0.304 e. The van der Waals surface area contributed by atoms with Crippen LogP contribution < -0.4 is 10.7 Å². The van der Waals surface area contributed by atoms with Gasteiger partial charge in [0.15, 0.2) is 6.04 Å². The lowest BCUT2D eigenvalue weighted by Gasteiger charge is -2.15. The highest BCUT2D eigenvalue weighted by molar-refractivity contribution is 6.30. The molecule has 2 amide bonds. The van der Waals surface area contributed by atoms with E-state index in [-0.39, 0.29) is 11.5 Å². The molecule has 1 aliphatic heterocycles. The predicted molar refractivity (Wildman–Crippen MR) is 112 cm³/mol. The zero-order valence-electron chi connectivity index (χ0n) is 15.8. The van der Waals surface area contributed by atoms with Crippen LogP contribution in [0.25, 0.3) is 0 Å². The lowest BCUT2D eigenvalue weighted by Crippen LogP contribution is -2.42. The van der Waals surface area contributed by atoms with E-state index < -0.39 is 23.8 Å². The highest BCUT2D eigenvalue weighted by Gasteiger charge is 2.47. The van der Waals surface area contributed by atoms with Crippen LogP contribution in [-0.2, 0) is 4.79 Å². The molecule has 3 aromatic rings. The Kier molecular flexibility index (Phi) is 5.59. The van der Waals surface area contributed by atoms with Crippen molar-refractivity contribution in [2.45, 2.75) is 12.1 Å². The molecule has 0 spiro atoms. The van der Waals surface area contributed by atoms with Gasteiger partial charge in [-0.15, -0.1) is 10.1 Å². The molecule has 5 nitrogen and oxygen atoms in total. The van der Waals surface area contributed by atoms with Gasteiger partial charge in [-0.05, 0) is 48.5 Å². The number of carbonyl (C=O) groups excluding carboxylic acids is 2. The first kappa shape index (κ1) is 19.8. The summed E-state index contributed by atoms with van der Waals surface area (Å²) in [7, 11) is 0. The molecular formula is C23H18ClFN3O2+. The van der Waals surface area contributed by atoms with Crippen LogP contribution in [0.15, 0.2) is 78.9 Å². The zero-order valence-corrected chi connectivity index (χ0v) is 16.5. The Morgan fingerprint density at radius 3 is 2.33 bits per heavy atom. The van der Waals surface area contributed by atoms with Crippen molar-refractivity contribution in [3.63, 3.8) is 0 Å². The van der Waals surface area contributed by atoms with E-state index in [1.54, 1.807) is 23.0 Å². The molecule has 0 aromatic heterocycles. The Hall–Kier alpha value is -3.51. The van der Waals surface area contributed by atoms with Crippen molar-refractivity contribution < 1.29 is 18.7 Å². The fraction of sp³-hybridized carbons (Fsp3) is 0.0870. The second-order valence-electron chi connectivity index (χ2n) is 6.88. The van der Waals surface area contributed by atoms with Gasteiger partial charge in [0.2, 0.25) is 12.3 Å². The standard InChI is InChI=1S/C23H17ClFN3O2/c24-18-10-6-16(7-11-18)21-20(26-22(29)17-8-12-19(25)13-9-17)23(30)27-28(21)14-15-4-2-1-3-5-15/h1-14,20-21H,(H-,26,27,29,30)/p+1/b28-14-/t20-,21-/m0/s1. The molecule has 4 rings (SSSR count). The molecule has 1 heterocycles. The van der Waals surface area contributed by atoms with E-state index in [0.29, 0.717) is 5.02 Å². The second kappa shape index (κ2) is 8.47. The molecule has 0 radical (unpaired) electrons. The molecule has 1 saturated heterocycles. The number of hydrazine groups is 1. The van der Waals surface area contributed by atoms with E-state index in [4.69, 9.17) is 11.6 Å². The van der Waals surface area contributed by atoms with Crippen LogP contribution >= 0.6 is 11.6 Å². The molecule has 0 aliphatic carbocycles. The first-order chi connectivity index (χ1) is 14.5. The molecule has 0 saturated carbocycles. The zero-order chi connectivity index (χ0) is 21.1. The van der Waals surface area contributed by atoms with Gasteiger partial charge in [0, 0.05) is 21.7 Å². The summed E-state index contributed by atoms with van der Waals surface area (Å²) in [4.78, 5) is 25.5. The lowest BCUT2D eigenvalue weighted by molar-refractivity contribution is -0.596. The Bertz CT molecular complexity index is 1100. The number of halogens is 2. The first-order valence-electron chi connectivity index (χ1n) is 9.32. The summed E-state index contributed by atoms with van der Waals surface area (Å²) in [6.45, 7) is 0. The minimum absolute atomic E-state index is 0.268. The van der Waals surface area contributed by atoms with E-state index in [9.17, 15) is 14.0 Å². The van der Waals surface area contributed by atoms with Crippen molar-refractivity contribution in [1.29, 1.82) is 0 Å². The summed E-state index contributed by atoms with van der Waals surface area (Å²) in [5.41, 5.74) is 4.77. The van der Waals surface area contributed by atoms with Crippen LogP contribution in [0.4, 0.5) is 4.39 Å². The summed E-state index contributed by atoms with van der Waals surface area (Å²) in [5, 5.41) is 3.35. The molecule has 3 aromatic carbocycles. The number of nitrogens with one attached hydrogen (secondary N) is 2. The first-order valence-corrected chi connectivity index (χ1v) is 9.70. The fourth-order valence-corrected chi connectivity index (χ4v) is 3.49. The van der Waals surface area contributed by atoms with Gasteiger partial charge in [-0.25, -0.2) is 4.39 Å². The summed E-state index contributed by atoms with van der Waals surface area (Å²) in [6, 6.07) is 20.4. The molecule has 150 valence electrons. The minimum atomic E-state index is -0.858. The van der Waals surface area contributed by atoms with E-state index >= 15 is 0 Å². The minimum Gasteiger partial charge on any atom is -0.334 e. The van der Waals surface area contributed by atoms with E-state index in [1.165, 1.54) is 24.3 Å². The summed E-state index contributed by atoms with van der Waals surface area (Å²) >= 11 is 6.02. The number of nitrogens with zero attached hydrogens (tertiary/aromatic N) is 1. The third kappa shape index (κ3) is 4.23. The fourth-order valence-electron chi connectivity index (χ4n) is 3.37. The van der Waals surface area contributed by atoms with Gasteiger partial charge < -0.3 is 5.32 Å². The Balaban J connectivity index is 1.69. The van der Waals surface area contributed by atoms with Gasteiger partial charge in [0.25, 0.3) is 5.91 Å². The van der Waals surface area contributed by atoms with E-state index in [1.807, 2.05) is 42.5 Å². The number of rotatable bonds is 4. The van der Waals surface area contributed by atoms with Gasteiger partial charge >= 0.3 is 5.91 Å². The van der Waals surface area contributed by atoms with Crippen molar-refractivity contribution in [3.8, 4) is 0 Å². The molecule has 1 aliphatic rings. The Morgan fingerprint density at radius 2 is 1.67 bits per heavy atom. The third-order valence-corrected chi connectivity index (χ3v) is 5.08. The quantitative estimate of drug-likeness (QED) is 0.632. The smallest absolute Gasteiger partial charge is 0.304 e. The highest BCUT2D eigenvalue weighted by atomic mass is 35.5. The number of hydrogen-bond donors (Lipinski definition) is 2. The maximum atomic E-state index is 13.2. The van der Waals surface area contributed by atoms with Crippen molar-refractivity contribution in [2.24, 2.45) is 0 Å². The average molecular weight is 423 g/mol. The van der Waals surface area contributed by atoms with Crippen molar-refractivity contribution in [1.82, 2.24) is 10.7 Å². The van der Waals surface area contributed by atoms with Crippen molar-refractivity contribution in [3.05, 3.63) is 106 Å². The lowest BCUT2D eigenvalue weighted by atomic mass is 10.00. The number of benzene rings is 3. The average Bonchev–Trinajstić information content (AvgIpc) is 3.04. The highest BCUT2D eigenvalue weighted by Crippen LogP contribution is 2.26. The maximum absolute atomic E-state index is 13.2. The van der Waals surface area contributed by atoms with Crippen LogP contribution in [0.2, 0.25) is 5.02 Å². The molecule has 0 bridgehead atoms. The second-order valence-corrected chi connectivity index (χ2v) is 7.31. The Morgan fingerprint density at radius 1 is 1.00 bits per heavy atom. The van der Waals surface area contributed by atoms with Crippen LogP contribution in [0, 0.1) is 5.82 Å². The van der Waals surface area contributed by atoms with Crippen LogP contribution in [0.1, 0.15) is 27.5 Å². The van der Waals surface area contributed by atoms with E-state index in [2.05, 4.69) is 10.7 Å². The molecule has 30 heavy (non-hydrogen) atoms.